The molecule has 15 heteroatoms. The number of nitrogen functional groups attached to an aromatic ring is 1. The average molecular weight is 502 g/mol. The minimum Gasteiger partial charge on any atom is -0.449 e. The highest BCUT2D eigenvalue weighted by molar-refractivity contribution is 8.06. The number of carbonyl (C=O) groups excluding carboxylic acids is 2. The maximum Gasteiger partial charge on any atom is 0.512 e. The van der Waals surface area contributed by atoms with Gasteiger partial charge in [0.15, 0.2) is 10.8 Å². The standard InChI is InChI=1S/C17H19N5O7S3/c1-27-21-10(8-5-31-16(18)19-8)12(23)20-11-13(24)22-14(29-17(25)26)9(6-30-15(11)22)32-7-2-3-28-4-7/h5,7,11,15H,2-4,6H2,1H3,(H2,18,19)(H,20,23)(H,25,26)/b21-10-/t7?,11?,15-/m0/s1. The second-order valence-corrected chi connectivity index (χ2v) is 10.1. The lowest BCUT2D eigenvalue weighted by atomic mass is 10.1. The van der Waals surface area contributed by atoms with Crippen molar-refractivity contribution in [3.8, 4) is 0 Å². The summed E-state index contributed by atoms with van der Waals surface area (Å²) in [6, 6.07) is -0.890. The number of thiazole rings is 1. The lowest BCUT2D eigenvalue weighted by molar-refractivity contribution is -0.148. The Morgan fingerprint density at radius 2 is 2.31 bits per heavy atom. The van der Waals surface area contributed by atoms with Crippen molar-refractivity contribution >= 4 is 63.7 Å². The number of fused-ring (bicyclic) bond motifs is 1. The fourth-order valence-electron chi connectivity index (χ4n) is 3.32. The molecule has 2 amide bonds. The van der Waals surface area contributed by atoms with Crippen LogP contribution in [-0.2, 0) is 23.9 Å². The number of carboxylic acid groups (broad SMARTS) is 1. The molecule has 1 aromatic heterocycles. The molecular formula is C17H19N5O7S3. The van der Waals surface area contributed by atoms with Gasteiger partial charge in [-0.15, -0.1) is 34.9 Å². The van der Waals surface area contributed by atoms with Gasteiger partial charge in [-0.3, -0.25) is 14.5 Å². The first-order valence-electron chi connectivity index (χ1n) is 9.35. The first-order chi connectivity index (χ1) is 15.4. The molecule has 2 fully saturated rings. The Hall–Kier alpha value is -2.49. The number of nitrogens with one attached hydrogen (secondary N) is 1. The normalized spacial score (nSPS) is 25.3. The summed E-state index contributed by atoms with van der Waals surface area (Å²) >= 11 is 4.00. The third kappa shape index (κ3) is 4.51. The Bertz CT molecular complexity index is 991. The first kappa shape index (κ1) is 22.7. The number of nitrogens with zero attached hydrogens (tertiary/aromatic N) is 3. The van der Waals surface area contributed by atoms with Crippen LogP contribution in [0.1, 0.15) is 12.1 Å². The van der Waals surface area contributed by atoms with E-state index in [9.17, 15) is 19.5 Å². The second kappa shape index (κ2) is 9.56. The van der Waals surface area contributed by atoms with Gasteiger partial charge in [-0.25, -0.2) is 9.78 Å². The largest absolute Gasteiger partial charge is 0.512 e. The van der Waals surface area contributed by atoms with Crippen LogP contribution in [0.4, 0.5) is 9.93 Å². The third-order valence-corrected chi connectivity index (χ3v) is 8.16. The Morgan fingerprint density at radius 3 is 2.94 bits per heavy atom. The monoisotopic (exact) mass is 501 g/mol. The lowest BCUT2D eigenvalue weighted by Gasteiger charge is -2.49. The van der Waals surface area contributed by atoms with Crippen LogP contribution in [0.2, 0.25) is 0 Å². The molecule has 0 saturated carbocycles. The molecule has 0 aliphatic carbocycles. The van der Waals surface area contributed by atoms with Gasteiger partial charge in [0, 0.05) is 23.0 Å². The van der Waals surface area contributed by atoms with Crippen molar-refractivity contribution in [2.45, 2.75) is 23.1 Å². The van der Waals surface area contributed by atoms with E-state index in [2.05, 4.69) is 15.5 Å². The summed E-state index contributed by atoms with van der Waals surface area (Å²) in [7, 11) is 1.28. The Morgan fingerprint density at radius 1 is 1.50 bits per heavy atom. The summed E-state index contributed by atoms with van der Waals surface area (Å²) in [5.74, 6) is -0.718. The van der Waals surface area contributed by atoms with Crippen molar-refractivity contribution < 1.29 is 33.8 Å². The predicted octanol–water partition coefficient (Wildman–Crippen LogP) is 0.861. The molecule has 0 spiro atoms. The summed E-state index contributed by atoms with van der Waals surface area (Å²) in [6.07, 6.45) is -0.680. The predicted molar refractivity (Wildman–Crippen MR) is 118 cm³/mol. The summed E-state index contributed by atoms with van der Waals surface area (Å²) in [6.45, 7) is 1.20. The Kier molecular flexibility index (Phi) is 6.78. The number of aromatic nitrogens is 1. The van der Waals surface area contributed by atoms with E-state index >= 15 is 0 Å². The van der Waals surface area contributed by atoms with Crippen molar-refractivity contribution in [3.63, 3.8) is 0 Å². The minimum absolute atomic E-state index is 0.00768. The Balaban J connectivity index is 1.50. The summed E-state index contributed by atoms with van der Waals surface area (Å²) in [5.41, 5.74) is 5.72. The van der Waals surface area contributed by atoms with E-state index in [0.717, 1.165) is 17.8 Å². The number of β-lactam (4-membered cyclic amide) rings is 1. The van der Waals surface area contributed by atoms with E-state index in [4.69, 9.17) is 20.0 Å². The van der Waals surface area contributed by atoms with E-state index in [1.807, 2.05) is 0 Å². The topological polar surface area (TPSA) is 166 Å². The highest BCUT2D eigenvalue weighted by Gasteiger charge is 2.54. The SMILES string of the molecule is CO/N=C(\C(=O)NC1C(=O)N2C(OC(=O)O)=C(SC3CCOC3)CS[C@@H]12)c1csc(N)n1. The zero-order chi connectivity index (χ0) is 22.8. The molecule has 2 saturated heterocycles. The number of oxime groups is 1. The Labute approximate surface area is 194 Å². The molecular weight excluding hydrogens is 482 g/mol. The van der Waals surface area contributed by atoms with E-state index in [-0.39, 0.29) is 27.7 Å². The molecule has 3 atom stereocenters. The van der Waals surface area contributed by atoms with Crippen LogP contribution in [0.15, 0.2) is 21.3 Å². The number of thioether (sulfide) groups is 2. The van der Waals surface area contributed by atoms with Gasteiger partial charge in [0.25, 0.3) is 11.8 Å². The molecule has 3 aliphatic rings. The molecule has 0 bridgehead atoms. The zero-order valence-corrected chi connectivity index (χ0v) is 19.1. The molecule has 3 aliphatic heterocycles. The van der Waals surface area contributed by atoms with Gasteiger partial charge in [0.1, 0.15) is 24.2 Å². The van der Waals surface area contributed by atoms with Gasteiger partial charge in [-0.2, -0.15) is 0 Å². The number of nitrogens with two attached hydrogens (primary N) is 1. The van der Waals surface area contributed by atoms with Gasteiger partial charge < -0.3 is 30.5 Å². The van der Waals surface area contributed by atoms with Crippen LogP contribution >= 0.6 is 34.9 Å². The van der Waals surface area contributed by atoms with Gasteiger partial charge >= 0.3 is 6.16 Å². The first-order valence-corrected chi connectivity index (χ1v) is 12.2. The van der Waals surface area contributed by atoms with Crippen LogP contribution in [0.25, 0.3) is 0 Å². The van der Waals surface area contributed by atoms with Crippen molar-refractivity contribution in [1.82, 2.24) is 15.2 Å². The number of carbonyl (C=O) groups is 3. The zero-order valence-electron chi connectivity index (χ0n) is 16.7. The average Bonchev–Trinajstić information content (AvgIpc) is 3.42. The molecule has 4 rings (SSSR count). The molecule has 2 unspecified atom stereocenters. The minimum atomic E-state index is -1.51. The van der Waals surface area contributed by atoms with Gasteiger partial charge in [0.2, 0.25) is 5.88 Å². The van der Waals surface area contributed by atoms with Gasteiger partial charge in [-0.1, -0.05) is 5.16 Å². The van der Waals surface area contributed by atoms with Crippen molar-refractivity contribution in [3.05, 3.63) is 21.9 Å². The highest BCUT2D eigenvalue weighted by atomic mass is 32.2. The fraction of sp³-hybridized carbons (Fsp3) is 0.471. The summed E-state index contributed by atoms with van der Waals surface area (Å²) < 4.78 is 10.3. The number of anilines is 1. The molecule has 4 N–H and O–H groups in total. The number of amides is 2. The van der Waals surface area contributed by atoms with E-state index < -0.39 is 29.4 Å². The molecule has 12 nitrogen and oxygen atoms in total. The quantitative estimate of drug-likeness (QED) is 0.210. The summed E-state index contributed by atoms with van der Waals surface area (Å²) in [4.78, 5) is 47.6. The summed E-state index contributed by atoms with van der Waals surface area (Å²) in [5, 5.41) is 17.0. The van der Waals surface area contributed by atoms with Crippen LogP contribution < -0.4 is 11.1 Å². The number of hydrogen-bond donors (Lipinski definition) is 3. The number of hydrogen-bond acceptors (Lipinski definition) is 12. The second-order valence-electron chi connectivity index (χ2n) is 6.75. The van der Waals surface area contributed by atoms with Crippen molar-refractivity contribution in [2.24, 2.45) is 5.16 Å². The van der Waals surface area contributed by atoms with E-state index in [0.29, 0.717) is 23.9 Å². The van der Waals surface area contributed by atoms with Crippen molar-refractivity contribution in [2.75, 3.05) is 31.8 Å². The van der Waals surface area contributed by atoms with E-state index in [1.54, 1.807) is 5.38 Å². The molecule has 0 radical (unpaired) electrons. The van der Waals surface area contributed by atoms with Crippen molar-refractivity contribution in [1.29, 1.82) is 0 Å². The maximum absolute atomic E-state index is 12.9. The highest BCUT2D eigenvalue weighted by Crippen LogP contribution is 2.45. The molecule has 0 aromatic carbocycles. The van der Waals surface area contributed by atoms with Crippen LogP contribution in [0.3, 0.4) is 0 Å². The van der Waals surface area contributed by atoms with Crippen LogP contribution in [0, 0.1) is 0 Å². The number of ether oxygens (including phenoxy) is 2. The van der Waals surface area contributed by atoms with Crippen LogP contribution in [0.5, 0.6) is 0 Å². The fourth-order valence-corrected chi connectivity index (χ4v) is 6.54. The molecule has 1 aromatic rings. The number of rotatable bonds is 7. The van der Waals surface area contributed by atoms with Gasteiger partial charge in [0.05, 0.1) is 11.5 Å². The molecule has 32 heavy (non-hydrogen) atoms. The molecule has 172 valence electrons. The lowest BCUT2D eigenvalue weighted by Crippen LogP contribution is -2.70. The van der Waals surface area contributed by atoms with E-state index in [1.165, 1.54) is 35.5 Å². The smallest absolute Gasteiger partial charge is 0.449 e. The maximum atomic E-state index is 12.9. The third-order valence-electron chi connectivity index (χ3n) is 4.72. The van der Waals surface area contributed by atoms with Gasteiger partial charge in [-0.05, 0) is 6.42 Å². The molecule has 4 heterocycles. The van der Waals surface area contributed by atoms with Crippen LogP contribution in [-0.4, -0.2) is 81.4 Å².